The van der Waals surface area contributed by atoms with Crippen molar-refractivity contribution in [3.05, 3.63) is 22.7 Å². The molecule has 2 heterocycles. The molecule has 9 heteroatoms. The zero-order valence-electron chi connectivity index (χ0n) is 9.95. The van der Waals surface area contributed by atoms with E-state index in [1.165, 1.54) is 19.2 Å². The molecule has 0 aromatic carbocycles. The molecule has 1 fully saturated rings. The minimum atomic E-state index is -3.11. The summed E-state index contributed by atoms with van der Waals surface area (Å²) in [5, 5.41) is 30.8. The van der Waals surface area contributed by atoms with Gasteiger partial charge in [0.2, 0.25) is 0 Å². The van der Waals surface area contributed by atoms with Gasteiger partial charge in [-0.1, -0.05) is 0 Å². The smallest absolute Gasteiger partial charge is 0.346 e. The zero-order valence-corrected chi connectivity index (χ0v) is 9.95. The van der Waals surface area contributed by atoms with Gasteiger partial charge >= 0.3 is 5.69 Å². The van der Waals surface area contributed by atoms with Gasteiger partial charge in [0.1, 0.15) is 18.0 Å². The fraction of sp³-hybridized carbons (Fsp3) is 0.600. The van der Waals surface area contributed by atoms with Crippen LogP contribution in [0.4, 0.5) is 10.2 Å². The third kappa shape index (κ3) is 2.59. The molecule has 0 radical (unpaired) electrons. The van der Waals surface area contributed by atoms with Gasteiger partial charge in [0.05, 0.1) is 6.10 Å². The van der Waals surface area contributed by atoms with Crippen molar-refractivity contribution in [1.29, 1.82) is 0 Å². The van der Waals surface area contributed by atoms with E-state index in [-0.39, 0.29) is 5.82 Å². The Morgan fingerprint density at radius 2 is 2.37 bits per heavy atom. The Balaban J connectivity index is 2.19. The highest BCUT2D eigenvalue weighted by atomic mass is 19.2. The van der Waals surface area contributed by atoms with Gasteiger partial charge in [-0.15, -0.1) is 0 Å². The van der Waals surface area contributed by atoms with Gasteiger partial charge in [-0.05, 0) is 13.0 Å². The van der Waals surface area contributed by atoms with Gasteiger partial charge in [-0.2, -0.15) is 0 Å². The Hall–Kier alpha value is -1.55. The van der Waals surface area contributed by atoms with E-state index in [4.69, 9.17) is 4.74 Å². The van der Waals surface area contributed by atoms with E-state index in [1.807, 2.05) is 0 Å². The van der Waals surface area contributed by atoms with Gasteiger partial charge in [0.25, 0.3) is 5.85 Å². The number of hydrogen-bond acceptors (Lipinski definition) is 7. The van der Waals surface area contributed by atoms with Crippen molar-refractivity contribution < 1.29 is 24.4 Å². The Labute approximate surface area is 106 Å². The van der Waals surface area contributed by atoms with Crippen LogP contribution in [0.15, 0.2) is 17.1 Å². The third-order valence-electron chi connectivity index (χ3n) is 2.82. The third-order valence-corrected chi connectivity index (χ3v) is 2.82. The van der Waals surface area contributed by atoms with Crippen molar-refractivity contribution in [2.24, 2.45) is 0 Å². The lowest BCUT2D eigenvalue weighted by atomic mass is 10.1. The van der Waals surface area contributed by atoms with Gasteiger partial charge in [-0.25, -0.2) is 14.2 Å². The Kier molecular flexibility index (Phi) is 3.54. The van der Waals surface area contributed by atoms with E-state index in [1.54, 1.807) is 0 Å². The highest BCUT2D eigenvalue weighted by Crippen LogP contribution is 2.34. The molecule has 0 bridgehead atoms. The molecule has 0 aliphatic carbocycles. The fourth-order valence-electron chi connectivity index (χ4n) is 1.82. The topological polar surface area (TPSA) is 128 Å². The number of hydrogen-bond donors (Lipinski definition) is 5. The summed E-state index contributed by atoms with van der Waals surface area (Å²) in [6.07, 6.45) is -4.85. The number of aromatic nitrogens is 2. The fourth-order valence-corrected chi connectivity index (χ4v) is 1.82. The van der Waals surface area contributed by atoms with Gasteiger partial charge in [0.15, 0.2) is 6.23 Å². The van der Waals surface area contributed by atoms with Gasteiger partial charge < -0.3 is 25.4 Å². The molecule has 5 atom stereocenters. The van der Waals surface area contributed by atoms with E-state index < -0.39 is 36.1 Å². The first-order valence-electron chi connectivity index (χ1n) is 5.57. The predicted octanol–water partition coefficient (Wildman–Crippen LogP) is -1.69. The van der Waals surface area contributed by atoms with E-state index in [0.717, 1.165) is 0 Å². The van der Waals surface area contributed by atoms with Gasteiger partial charge in [-0.3, -0.25) is 4.98 Å². The van der Waals surface area contributed by atoms with Crippen LogP contribution in [0.1, 0.15) is 6.92 Å². The molecule has 0 unspecified atom stereocenters. The first kappa shape index (κ1) is 13.9. The van der Waals surface area contributed by atoms with Crippen molar-refractivity contribution >= 4 is 5.82 Å². The summed E-state index contributed by atoms with van der Waals surface area (Å²) in [5.41, 5.74) is -0.669. The molecule has 1 aromatic rings. The second kappa shape index (κ2) is 4.85. The summed E-state index contributed by atoms with van der Waals surface area (Å²) in [5.74, 6) is -3.05. The van der Waals surface area contributed by atoms with Gasteiger partial charge in [0, 0.05) is 6.20 Å². The number of nitrogens with one attached hydrogen (secondary N) is 2. The van der Waals surface area contributed by atoms with Crippen molar-refractivity contribution in [3.8, 4) is 0 Å². The largest absolute Gasteiger partial charge is 0.391 e. The molecule has 0 amide bonds. The maximum absolute atomic E-state index is 14.0. The van der Waals surface area contributed by atoms with Crippen LogP contribution in [0, 0.1) is 0 Å². The summed E-state index contributed by atoms with van der Waals surface area (Å²) in [7, 11) is 0. The Morgan fingerprint density at radius 1 is 1.68 bits per heavy atom. The lowest BCUT2D eigenvalue weighted by Gasteiger charge is -2.23. The van der Waals surface area contributed by atoms with Crippen molar-refractivity contribution in [2.75, 3.05) is 5.32 Å². The van der Waals surface area contributed by atoms with Crippen LogP contribution < -0.4 is 11.0 Å². The predicted molar refractivity (Wildman–Crippen MR) is 60.9 cm³/mol. The van der Waals surface area contributed by atoms with Crippen LogP contribution in [-0.2, 0) is 4.74 Å². The minimum absolute atomic E-state index is 0.0551. The maximum atomic E-state index is 14.0. The van der Waals surface area contributed by atoms with E-state index in [0.29, 0.717) is 0 Å². The molecule has 0 spiro atoms. The summed E-state index contributed by atoms with van der Waals surface area (Å²) < 4.78 is 19.0. The lowest BCUT2D eigenvalue weighted by molar-refractivity contribution is -0.167. The number of H-pyrrole nitrogens is 1. The van der Waals surface area contributed by atoms with Crippen molar-refractivity contribution in [1.82, 2.24) is 9.97 Å². The second-order valence-electron chi connectivity index (χ2n) is 4.33. The Morgan fingerprint density at radius 3 is 2.89 bits per heavy atom. The monoisotopic (exact) mass is 275 g/mol. The minimum Gasteiger partial charge on any atom is -0.391 e. The second-order valence-corrected chi connectivity index (χ2v) is 4.33. The number of rotatable bonds is 3. The molecular formula is C10H14FN3O5. The number of anilines is 1. The number of aliphatic hydroxyl groups excluding tert-OH is 2. The average molecular weight is 275 g/mol. The van der Waals surface area contributed by atoms with Crippen LogP contribution in [0.3, 0.4) is 0 Å². The average Bonchev–Trinajstić information content (AvgIpc) is 2.53. The maximum Gasteiger partial charge on any atom is 0.346 e. The molecule has 1 saturated heterocycles. The molecule has 0 saturated carbocycles. The standard InChI is InChI=1S/C10H14FN3O5/c1-4(15)6-7(16)10(11,18)8(19-6)13-5-2-3-12-9(17)14-5/h2-4,6-8,15-16,18H,1H3,(H2,12,13,14,17)/t4-,6+,7+,8-,10-/m0/s1. The van der Waals surface area contributed by atoms with E-state index in [9.17, 15) is 24.5 Å². The molecule has 2 rings (SSSR count). The molecule has 1 aliphatic rings. The number of aromatic amines is 1. The normalized spacial score (nSPS) is 36.2. The molecular weight excluding hydrogens is 261 g/mol. The highest BCUT2D eigenvalue weighted by Gasteiger charge is 2.58. The van der Waals surface area contributed by atoms with E-state index in [2.05, 4.69) is 15.3 Å². The van der Waals surface area contributed by atoms with Crippen molar-refractivity contribution in [2.45, 2.75) is 37.3 Å². The van der Waals surface area contributed by atoms with E-state index >= 15 is 0 Å². The summed E-state index contributed by atoms with van der Waals surface area (Å²) >= 11 is 0. The number of aliphatic hydroxyl groups is 3. The molecule has 106 valence electrons. The highest BCUT2D eigenvalue weighted by molar-refractivity contribution is 5.33. The zero-order chi connectivity index (χ0) is 14.2. The lowest BCUT2D eigenvalue weighted by Crippen LogP contribution is -2.48. The van der Waals surface area contributed by atoms with Crippen LogP contribution in [-0.4, -0.2) is 55.7 Å². The van der Waals surface area contributed by atoms with Crippen LogP contribution in [0.2, 0.25) is 0 Å². The molecule has 1 aliphatic heterocycles. The van der Waals surface area contributed by atoms with Crippen molar-refractivity contribution in [3.63, 3.8) is 0 Å². The number of alkyl halides is 1. The number of halogens is 1. The number of ether oxygens (including phenoxy) is 1. The SMILES string of the molecule is C[C@H](O)[C@H]1O[C@H](Nc2ccnc(=O)[nH]2)[C@](O)(F)[C@@H]1O. The first-order chi connectivity index (χ1) is 8.82. The summed E-state index contributed by atoms with van der Waals surface area (Å²) in [6, 6.07) is 1.32. The summed E-state index contributed by atoms with van der Waals surface area (Å²) in [4.78, 5) is 16.6. The molecule has 1 aromatic heterocycles. The Bertz CT molecular complexity index is 506. The van der Waals surface area contributed by atoms with Crippen LogP contribution in [0.5, 0.6) is 0 Å². The van der Waals surface area contributed by atoms with Crippen LogP contribution >= 0.6 is 0 Å². The first-order valence-corrected chi connectivity index (χ1v) is 5.57. The molecule has 19 heavy (non-hydrogen) atoms. The van der Waals surface area contributed by atoms with Crippen LogP contribution in [0.25, 0.3) is 0 Å². The molecule has 5 N–H and O–H groups in total. The molecule has 8 nitrogen and oxygen atoms in total. The summed E-state index contributed by atoms with van der Waals surface area (Å²) in [6.45, 7) is 1.29. The number of nitrogens with zero attached hydrogens (tertiary/aromatic N) is 1. The quantitative estimate of drug-likeness (QED) is 0.445.